The molecule has 1 unspecified atom stereocenters. The Balaban J connectivity index is 2.14. The summed E-state index contributed by atoms with van der Waals surface area (Å²) >= 11 is 0. The van der Waals surface area contributed by atoms with Crippen LogP contribution in [0.25, 0.3) is 0 Å². The van der Waals surface area contributed by atoms with Gasteiger partial charge in [0.05, 0.1) is 6.04 Å². The Morgan fingerprint density at radius 1 is 1.50 bits per heavy atom. The fraction of sp³-hybridized carbons (Fsp3) is 0.818. The van der Waals surface area contributed by atoms with Crippen LogP contribution in [0.2, 0.25) is 0 Å². The zero-order valence-electron chi connectivity index (χ0n) is 9.76. The zero-order valence-corrected chi connectivity index (χ0v) is 9.76. The van der Waals surface area contributed by atoms with Crippen LogP contribution < -0.4 is 5.73 Å². The van der Waals surface area contributed by atoms with E-state index in [0.717, 1.165) is 11.6 Å². The van der Waals surface area contributed by atoms with Crippen molar-refractivity contribution in [3.8, 4) is 0 Å². The minimum absolute atomic E-state index is 0.0901. The number of nitrogens with zero attached hydrogens (tertiary/aromatic N) is 3. The SMILES string of the molecule is Cn1nc(C2CCCC2)nc1C(N)CCO. The summed E-state index contributed by atoms with van der Waals surface area (Å²) < 4.78 is 1.76. The van der Waals surface area contributed by atoms with Crippen LogP contribution in [0.4, 0.5) is 0 Å². The van der Waals surface area contributed by atoms with Crippen LogP contribution >= 0.6 is 0 Å². The van der Waals surface area contributed by atoms with Gasteiger partial charge in [0, 0.05) is 19.6 Å². The largest absolute Gasteiger partial charge is 0.396 e. The Bertz CT molecular complexity index is 344. The molecule has 1 aromatic heterocycles. The van der Waals surface area contributed by atoms with Gasteiger partial charge >= 0.3 is 0 Å². The number of nitrogens with two attached hydrogens (primary N) is 1. The third-order valence-electron chi connectivity index (χ3n) is 3.31. The van der Waals surface area contributed by atoms with E-state index < -0.39 is 0 Å². The van der Waals surface area contributed by atoms with Gasteiger partial charge in [-0.3, -0.25) is 4.68 Å². The molecule has 1 aliphatic carbocycles. The Kier molecular flexibility index (Phi) is 3.56. The summed E-state index contributed by atoms with van der Waals surface area (Å²) in [6.07, 6.45) is 5.48. The average Bonchev–Trinajstić information content (AvgIpc) is 2.86. The van der Waals surface area contributed by atoms with Crippen molar-refractivity contribution in [1.29, 1.82) is 0 Å². The van der Waals surface area contributed by atoms with E-state index >= 15 is 0 Å². The van der Waals surface area contributed by atoms with Crippen molar-refractivity contribution in [3.63, 3.8) is 0 Å². The zero-order chi connectivity index (χ0) is 11.5. The summed E-state index contributed by atoms with van der Waals surface area (Å²) in [6, 6.07) is -0.211. The van der Waals surface area contributed by atoms with Crippen LogP contribution in [0.1, 0.15) is 55.7 Å². The molecule has 0 aromatic carbocycles. The molecule has 3 N–H and O–H groups in total. The van der Waals surface area contributed by atoms with Gasteiger partial charge in [0.1, 0.15) is 5.82 Å². The van der Waals surface area contributed by atoms with Gasteiger partial charge < -0.3 is 10.8 Å². The maximum atomic E-state index is 8.87. The number of aryl methyl sites for hydroxylation is 1. The van der Waals surface area contributed by atoms with Crippen LogP contribution in [0.5, 0.6) is 0 Å². The summed E-state index contributed by atoms with van der Waals surface area (Å²) in [4.78, 5) is 4.53. The maximum Gasteiger partial charge on any atom is 0.154 e. The van der Waals surface area contributed by atoms with E-state index in [4.69, 9.17) is 10.8 Å². The Morgan fingerprint density at radius 3 is 2.81 bits per heavy atom. The molecule has 1 saturated carbocycles. The number of hydrogen-bond acceptors (Lipinski definition) is 4. The Labute approximate surface area is 95.7 Å². The Morgan fingerprint density at radius 2 is 2.19 bits per heavy atom. The van der Waals surface area contributed by atoms with Gasteiger partial charge in [-0.05, 0) is 19.3 Å². The van der Waals surface area contributed by atoms with Crippen molar-refractivity contribution in [1.82, 2.24) is 14.8 Å². The molecule has 1 aromatic rings. The number of rotatable bonds is 4. The maximum absolute atomic E-state index is 8.87. The molecule has 0 bridgehead atoms. The lowest BCUT2D eigenvalue weighted by atomic mass is 10.1. The standard InChI is InChI=1S/C11H20N4O/c1-15-11(9(12)6-7-16)13-10(14-15)8-4-2-3-5-8/h8-9,16H,2-7,12H2,1H3. The molecular formula is C11H20N4O. The van der Waals surface area contributed by atoms with Crippen LogP contribution in [-0.2, 0) is 7.05 Å². The van der Waals surface area contributed by atoms with E-state index in [1.54, 1.807) is 4.68 Å². The van der Waals surface area contributed by atoms with Crippen molar-refractivity contribution in [2.24, 2.45) is 12.8 Å². The fourth-order valence-electron chi connectivity index (χ4n) is 2.37. The molecule has 0 aliphatic heterocycles. The predicted octanol–water partition coefficient (Wildman–Crippen LogP) is 0.855. The molecule has 5 nitrogen and oxygen atoms in total. The first-order valence-corrected chi connectivity index (χ1v) is 5.99. The Hall–Kier alpha value is -0.940. The van der Waals surface area contributed by atoms with E-state index in [-0.39, 0.29) is 12.6 Å². The molecule has 1 aliphatic rings. The molecule has 2 rings (SSSR count). The predicted molar refractivity (Wildman–Crippen MR) is 60.8 cm³/mol. The van der Waals surface area contributed by atoms with Crippen LogP contribution in [-0.4, -0.2) is 26.5 Å². The third-order valence-corrected chi connectivity index (χ3v) is 3.31. The van der Waals surface area contributed by atoms with Crippen molar-refractivity contribution >= 4 is 0 Å². The van der Waals surface area contributed by atoms with Gasteiger partial charge in [0.25, 0.3) is 0 Å². The molecule has 90 valence electrons. The lowest BCUT2D eigenvalue weighted by Crippen LogP contribution is -2.17. The summed E-state index contributed by atoms with van der Waals surface area (Å²) in [7, 11) is 1.87. The molecule has 5 heteroatoms. The lowest BCUT2D eigenvalue weighted by Gasteiger charge is -2.07. The first-order chi connectivity index (χ1) is 7.72. The highest BCUT2D eigenvalue weighted by atomic mass is 16.3. The number of aliphatic hydroxyl groups excluding tert-OH is 1. The van der Waals surface area contributed by atoms with Crippen molar-refractivity contribution in [2.45, 2.75) is 44.1 Å². The molecule has 0 amide bonds. The smallest absolute Gasteiger partial charge is 0.154 e. The second-order valence-electron chi connectivity index (χ2n) is 4.55. The van der Waals surface area contributed by atoms with Gasteiger partial charge in [0.15, 0.2) is 5.82 Å². The van der Waals surface area contributed by atoms with Crippen molar-refractivity contribution < 1.29 is 5.11 Å². The molecule has 0 radical (unpaired) electrons. The van der Waals surface area contributed by atoms with Crippen molar-refractivity contribution in [2.75, 3.05) is 6.61 Å². The summed E-state index contributed by atoms with van der Waals surface area (Å²) in [6.45, 7) is 0.0901. The first-order valence-electron chi connectivity index (χ1n) is 5.99. The molecule has 1 heterocycles. The third kappa shape index (κ3) is 2.25. The summed E-state index contributed by atoms with van der Waals surface area (Å²) in [5.74, 6) is 2.24. The molecule has 0 saturated heterocycles. The minimum atomic E-state index is -0.211. The monoisotopic (exact) mass is 224 g/mol. The number of aliphatic hydroxyl groups is 1. The second-order valence-corrected chi connectivity index (χ2v) is 4.55. The van der Waals surface area contributed by atoms with Crippen molar-refractivity contribution in [3.05, 3.63) is 11.6 Å². The van der Waals surface area contributed by atoms with Crippen LogP contribution in [0.3, 0.4) is 0 Å². The van der Waals surface area contributed by atoms with Gasteiger partial charge in [-0.2, -0.15) is 5.10 Å². The van der Waals surface area contributed by atoms with E-state index in [1.165, 1.54) is 25.7 Å². The highest BCUT2D eigenvalue weighted by Crippen LogP contribution is 2.32. The highest BCUT2D eigenvalue weighted by molar-refractivity contribution is 5.04. The van der Waals surface area contributed by atoms with Gasteiger partial charge in [-0.15, -0.1) is 0 Å². The summed E-state index contributed by atoms with van der Waals surface area (Å²) in [5, 5.41) is 13.3. The first kappa shape index (κ1) is 11.5. The van der Waals surface area contributed by atoms with Gasteiger partial charge in [-0.1, -0.05) is 12.8 Å². The minimum Gasteiger partial charge on any atom is -0.396 e. The normalized spacial score (nSPS) is 19.2. The second kappa shape index (κ2) is 4.93. The molecule has 1 atom stereocenters. The fourth-order valence-corrected chi connectivity index (χ4v) is 2.37. The van der Waals surface area contributed by atoms with Gasteiger partial charge in [0.2, 0.25) is 0 Å². The van der Waals surface area contributed by atoms with E-state index in [9.17, 15) is 0 Å². The van der Waals surface area contributed by atoms with Crippen LogP contribution in [0.15, 0.2) is 0 Å². The van der Waals surface area contributed by atoms with E-state index in [1.807, 2.05) is 7.05 Å². The molecular weight excluding hydrogens is 204 g/mol. The van der Waals surface area contributed by atoms with Gasteiger partial charge in [-0.25, -0.2) is 4.98 Å². The topological polar surface area (TPSA) is 77.0 Å². The summed E-state index contributed by atoms with van der Waals surface area (Å²) in [5.41, 5.74) is 5.94. The van der Waals surface area contributed by atoms with Crippen LogP contribution in [0, 0.1) is 0 Å². The molecule has 16 heavy (non-hydrogen) atoms. The quantitative estimate of drug-likeness (QED) is 0.795. The highest BCUT2D eigenvalue weighted by Gasteiger charge is 2.23. The lowest BCUT2D eigenvalue weighted by molar-refractivity contribution is 0.273. The number of aromatic nitrogens is 3. The molecule has 1 fully saturated rings. The average molecular weight is 224 g/mol. The van der Waals surface area contributed by atoms with E-state index in [2.05, 4.69) is 10.1 Å². The van der Waals surface area contributed by atoms with E-state index in [0.29, 0.717) is 12.3 Å². The molecule has 0 spiro atoms. The number of hydrogen-bond donors (Lipinski definition) is 2.